The van der Waals surface area contributed by atoms with Crippen LogP contribution >= 0.6 is 11.6 Å². The lowest BCUT2D eigenvalue weighted by molar-refractivity contribution is 0.0694. The highest BCUT2D eigenvalue weighted by Crippen LogP contribution is 2.34. The molecule has 0 radical (unpaired) electrons. The van der Waals surface area contributed by atoms with Crippen LogP contribution < -0.4 is 10.2 Å². The number of aliphatic hydroxyl groups is 1. The van der Waals surface area contributed by atoms with Crippen LogP contribution in [0, 0.1) is 11.7 Å². The number of aliphatic hydroxyl groups excluding tert-OH is 1. The van der Waals surface area contributed by atoms with Crippen molar-refractivity contribution in [2.45, 2.75) is 26.3 Å². The van der Waals surface area contributed by atoms with Gasteiger partial charge in [-0.2, -0.15) is 0 Å². The van der Waals surface area contributed by atoms with Crippen molar-refractivity contribution in [1.29, 1.82) is 0 Å². The predicted octanol–water partition coefficient (Wildman–Crippen LogP) is 5.46. The lowest BCUT2D eigenvalue weighted by Crippen LogP contribution is -2.25. The summed E-state index contributed by atoms with van der Waals surface area (Å²) in [6, 6.07) is 10.6. The number of fused-ring (bicyclic) bond motifs is 1. The van der Waals surface area contributed by atoms with E-state index in [2.05, 4.69) is 4.98 Å². The molecule has 186 valence electrons. The zero-order valence-corrected chi connectivity index (χ0v) is 20.4. The van der Waals surface area contributed by atoms with Gasteiger partial charge in [0.05, 0.1) is 29.4 Å². The topological polar surface area (TPSA) is 102 Å². The molecule has 0 bridgehead atoms. The second-order valence-electron chi connectivity index (χ2n) is 8.74. The van der Waals surface area contributed by atoms with E-state index in [0.717, 1.165) is 0 Å². The average molecular weight is 511 g/mol. The summed E-state index contributed by atoms with van der Waals surface area (Å²) in [4.78, 5) is 29.1. The third-order valence-corrected chi connectivity index (χ3v) is 6.33. The molecule has 2 aromatic carbocycles. The van der Waals surface area contributed by atoms with Crippen molar-refractivity contribution in [3.8, 4) is 11.5 Å². The normalized spacial score (nSPS) is 12.2. The van der Waals surface area contributed by atoms with Gasteiger partial charge in [-0.1, -0.05) is 37.6 Å². The first kappa shape index (κ1) is 25.3. The van der Waals surface area contributed by atoms with Gasteiger partial charge in [0, 0.05) is 35.8 Å². The molecule has 9 heteroatoms. The molecule has 0 spiro atoms. The summed E-state index contributed by atoms with van der Waals surface area (Å²) < 4.78 is 22.4. The Morgan fingerprint density at radius 2 is 1.97 bits per heavy atom. The van der Waals surface area contributed by atoms with Gasteiger partial charge in [-0.15, -0.1) is 0 Å². The van der Waals surface area contributed by atoms with E-state index in [1.54, 1.807) is 41.1 Å². The molecule has 1 atom stereocenters. The Morgan fingerprint density at radius 1 is 1.19 bits per heavy atom. The standard InChI is InChI=1S/C27H24ClFN2O5/c1-15(2)23(14-32)31-13-20(27(34)35)26(33)19-10-17(9-16-5-3-7-21(28)25(16)29)24(11-22(19)31)36-18-6-4-8-30-12-18/h3-8,10-13,15,23,32H,9,14H2,1-2H3,(H,34,35)/t23-/m1/s1. The zero-order chi connectivity index (χ0) is 26.0. The Kier molecular flexibility index (Phi) is 7.37. The van der Waals surface area contributed by atoms with Crippen molar-refractivity contribution in [2.75, 3.05) is 6.61 Å². The first-order valence-corrected chi connectivity index (χ1v) is 11.7. The maximum absolute atomic E-state index is 14.8. The molecule has 2 aromatic heterocycles. The summed E-state index contributed by atoms with van der Waals surface area (Å²) >= 11 is 5.97. The van der Waals surface area contributed by atoms with Gasteiger partial charge in [-0.25, -0.2) is 9.18 Å². The molecule has 0 amide bonds. The number of carbonyl (C=O) groups is 1. The van der Waals surface area contributed by atoms with Crippen LogP contribution in [0.25, 0.3) is 10.9 Å². The van der Waals surface area contributed by atoms with Crippen molar-refractivity contribution in [1.82, 2.24) is 9.55 Å². The van der Waals surface area contributed by atoms with Crippen molar-refractivity contribution in [3.63, 3.8) is 0 Å². The molecule has 0 unspecified atom stereocenters. The van der Waals surface area contributed by atoms with Gasteiger partial charge in [-0.05, 0) is 35.7 Å². The number of carboxylic acid groups (broad SMARTS) is 1. The SMILES string of the molecule is CC(C)[C@@H](CO)n1cc(C(=O)O)c(=O)c2cc(Cc3cccc(Cl)c3F)c(Oc3cccnc3)cc21. The minimum atomic E-state index is -1.38. The summed E-state index contributed by atoms with van der Waals surface area (Å²) in [5.74, 6) is -1.31. The number of nitrogens with zero attached hydrogens (tertiary/aromatic N) is 2. The summed E-state index contributed by atoms with van der Waals surface area (Å²) in [5.41, 5.74) is -0.00358. The molecule has 4 aromatic rings. The largest absolute Gasteiger partial charge is 0.477 e. The summed E-state index contributed by atoms with van der Waals surface area (Å²) in [5, 5.41) is 19.8. The Balaban J connectivity index is 2.02. The zero-order valence-electron chi connectivity index (χ0n) is 19.6. The molecule has 36 heavy (non-hydrogen) atoms. The number of rotatable bonds is 8. The first-order valence-electron chi connectivity index (χ1n) is 11.3. The molecule has 2 N–H and O–H groups in total. The first-order chi connectivity index (χ1) is 17.2. The van der Waals surface area contributed by atoms with Gasteiger partial charge in [0.1, 0.15) is 22.9 Å². The van der Waals surface area contributed by atoms with Crippen molar-refractivity contribution in [3.05, 3.63) is 98.8 Å². The molecule has 0 saturated carbocycles. The quantitative estimate of drug-likeness (QED) is 0.326. The summed E-state index contributed by atoms with van der Waals surface area (Å²) in [7, 11) is 0. The van der Waals surface area contributed by atoms with Crippen molar-refractivity contribution >= 4 is 28.5 Å². The van der Waals surface area contributed by atoms with E-state index < -0.39 is 28.8 Å². The van der Waals surface area contributed by atoms with E-state index in [-0.39, 0.29) is 34.9 Å². The molecule has 4 rings (SSSR count). The van der Waals surface area contributed by atoms with E-state index in [1.807, 2.05) is 13.8 Å². The number of ether oxygens (including phenoxy) is 1. The number of aromatic nitrogens is 2. The van der Waals surface area contributed by atoms with Crippen molar-refractivity contribution in [2.24, 2.45) is 5.92 Å². The Hall–Kier alpha value is -3.75. The van der Waals surface area contributed by atoms with Crippen LogP contribution in [0.3, 0.4) is 0 Å². The number of aromatic carboxylic acids is 1. The predicted molar refractivity (Wildman–Crippen MR) is 135 cm³/mol. The van der Waals surface area contributed by atoms with Gasteiger partial charge in [0.15, 0.2) is 0 Å². The molecule has 0 fully saturated rings. The fraction of sp³-hybridized carbons (Fsp3) is 0.222. The van der Waals surface area contributed by atoms with Gasteiger partial charge in [0.2, 0.25) is 5.43 Å². The van der Waals surface area contributed by atoms with Crippen LogP contribution in [0.15, 0.2) is 65.8 Å². The Morgan fingerprint density at radius 3 is 2.61 bits per heavy atom. The Labute approximate surface area is 211 Å². The molecule has 0 saturated heterocycles. The monoisotopic (exact) mass is 510 g/mol. The van der Waals surface area contributed by atoms with Crippen LogP contribution in [-0.2, 0) is 6.42 Å². The van der Waals surface area contributed by atoms with Crippen LogP contribution in [0.5, 0.6) is 11.5 Å². The molecule has 0 aliphatic rings. The minimum absolute atomic E-state index is 0.0300. The van der Waals surface area contributed by atoms with Crippen LogP contribution in [0.4, 0.5) is 4.39 Å². The Bertz CT molecular complexity index is 1490. The number of pyridine rings is 2. The summed E-state index contributed by atoms with van der Waals surface area (Å²) in [6.45, 7) is 3.49. The molecule has 0 aliphatic carbocycles. The van der Waals surface area contributed by atoms with E-state index >= 15 is 0 Å². The minimum Gasteiger partial charge on any atom is -0.477 e. The van der Waals surface area contributed by atoms with Crippen LogP contribution in [0.2, 0.25) is 5.02 Å². The smallest absolute Gasteiger partial charge is 0.341 e. The van der Waals surface area contributed by atoms with E-state index in [4.69, 9.17) is 16.3 Å². The fourth-order valence-corrected chi connectivity index (χ4v) is 4.32. The average Bonchev–Trinajstić information content (AvgIpc) is 2.84. The molecule has 2 heterocycles. The maximum Gasteiger partial charge on any atom is 0.341 e. The summed E-state index contributed by atoms with van der Waals surface area (Å²) in [6.07, 6.45) is 4.38. The number of benzene rings is 2. The number of hydrogen-bond donors (Lipinski definition) is 2. The van der Waals surface area contributed by atoms with Crippen LogP contribution in [0.1, 0.15) is 41.4 Å². The van der Waals surface area contributed by atoms with Gasteiger partial charge >= 0.3 is 5.97 Å². The second-order valence-corrected chi connectivity index (χ2v) is 9.14. The highest BCUT2D eigenvalue weighted by atomic mass is 35.5. The van der Waals surface area contributed by atoms with E-state index in [0.29, 0.717) is 22.6 Å². The van der Waals surface area contributed by atoms with Gasteiger partial charge in [0.25, 0.3) is 0 Å². The molecule has 0 aliphatic heterocycles. The highest BCUT2D eigenvalue weighted by Gasteiger charge is 2.23. The number of halogens is 2. The fourth-order valence-electron chi connectivity index (χ4n) is 4.13. The third-order valence-electron chi connectivity index (χ3n) is 6.03. The maximum atomic E-state index is 14.8. The van der Waals surface area contributed by atoms with Crippen molar-refractivity contribution < 1.29 is 24.1 Å². The molecular formula is C27H24ClFN2O5. The second kappa shape index (κ2) is 10.5. The number of carboxylic acids is 1. The van der Waals surface area contributed by atoms with E-state index in [9.17, 15) is 24.2 Å². The van der Waals surface area contributed by atoms with Crippen LogP contribution in [-0.4, -0.2) is 32.3 Å². The lowest BCUT2D eigenvalue weighted by Gasteiger charge is -2.25. The third kappa shape index (κ3) is 4.96. The van der Waals surface area contributed by atoms with E-state index in [1.165, 1.54) is 24.5 Å². The van der Waals surface area contributed by atoms with Gasteiger partial charge < -0.3 is 19.5 Å². The highest BCUT2D eigenvalue weighted by molar-refractivity contribution is 6.30. The van der Waals surface area contributed by atoms with Gasteiger partial charge in [-0.3, -0.25) is 9.78 Å². The molecular weight excluding hydrogens is 487 g/mol. The lowest BCUT2D eigenvalue weighted by atomic mass is 9.98. The number of hydrogen-bond acceptors (Lipinski definition) is 5. The molecule has 7 nitrogen and oxygen atoms in total.